The Kier molecular flexibility index (Phi) is 22.3. The number of unbranched alkanes of at least 4 members (excludes halogenated alkanes) is 15. The van der Waals surface area contributed by atoms with Gasteiger partial charge in [-0.1, -0.05) is 89.9 Å². The van der Waals surface area contributed by atoms with Gasteiger partial charge in [-0.25, -0.2) is 0 Å². The van der Waals surface area contributed by atoms with Crippen LogP contribution in [0.2, 0.25) is 0 Å². The third-order valence-electron chi connectivity index (χ3n) is 6.27. The Hall–Kier alpha value is -0.280. The van der Waals surface area contributed by atoms with E-state index in [1.165, 1.54) is 83.5 Å². The predicted octanol–water partition coefficient (Wildman–Crippen LogP) is 2.59. The Morgan fingerprint density at radius 1 is 0.500 bits per heavy atom. The fourth-order valence-corrected chi connectivity index (χ4v) is 4.05. The lowest BCUT2D eigenvalue weighted by Crippen LogP contribution is -2.49. The summed E-state index contributed by atoms with van der Waals surface area (Å²) in [5, 5.41) is 56.4. The number of aliphatic hydroxyl groups excluding tert-OH is 6. The van der Waals surface area contributed by atoms with Gasteiger partial charge in [-0.2, -0.15) is 0 Å². The highest BCUT2D eigenvalue weighted by atomic mass is 16.4. The van der Waals surface area contributed by atoms with Crippen LogP contribution in [0.15, 0.2) is 0 Å². The summed E-state index contributed by atoms with van der Waals surface area (Å²) in [6.45, 7) is 0.693. The van der Waals surface area contributed by atoms with Gasteiger partial charge < -0.3 is 35.5 Å². The van der Waals surface area contributed by atoms with Crippen molar-refractivity contribution in [1.82, 2.24) is 4.90 Å². The second kappa shape index (κ2) is 22.5. The van der Waals surface area contributed by atoms with E-state index < -0.39 is 31.0 Å². The fourth-order valence-electron chi connectivity index (χ4n) is 4.05. The van der Waals surface area contributed by atoms with Gasteiger partial charge in [-0.05, 0) is 26.4 Å². The summed E-state index contributed by atoms with van der Waals surface area (Å²) < 4.78 is 0. The van der Waals surface area contributed by atoms with Gasteiger partial charge in [-0.15, -0.1) is 0 Å². The van der Waals surface area contributed by atoms with Gasteiger partial charge in [0.2, 0.25) is 0 Å². The molecule has 0 fully saturated rings. The molecule has 6 N–H and O–H groups in total. The average Bonchev–Trinajstić information content (AvgIpc) is 2.79. The maximum Gasteiger partial charge on any atom is 0.111 e. The molecule has 0 saturated carbocycles. The van der Waals surface area contributed by atoms with Crippen molar-refractivity contribution in [3.63, 3.8) is 0 Å². The molecule has 7 nitrogen and oxygen atoms in total. The largest absolute Gasteiger partial charge is 0.396 e. The van der Waals surface area contributed by atoms with Crippen molar-refractivity contribution < 1.29 is 30.6 Å². The minimum absolute atomic E-state index is 0.208. The molecule has 7 heteroatoms. The Bertz CT molecular complexity index is 387. The van der Waals surface area contributed by atoms with Crippen LogP contribution in [0.25, 0.3) is 0 Å². The van der Waals surface area contributed by atoms with Crippen LogP contribution in [0.5, 0.6) is 0 Å². The van der Waals surface area contributed by atoms with Crippen LogP contribution >= 0.6 is 0 Å². The number of aliphatic hydroxyl groups is 6. The Labute approximate surface area is 196 Å². The Morgan fingerprint density at radius 2 is 0.844 bits per heavy atom. The number of nitrogens with zero attached hydrogens (tertiary/aromatic N) is 1. The molecule has 0 aliphatic heterocycles. The van der Waals surface area contributed by atoms with Crippen molar-refractivity contribution >= 4 is 0 Å². The standard InChI is InChI=1S/C25H53NO6/c1-26(20-22(29)24(31)25(32)23(30)21-28)18-16-14-12-10-8-6-4-2-3-5-7-9-11-13-15-17-19-27/h22-25,27-32H,2-21H2,1H3/t22-,23+,24+,25+/m0/s1. The summed E-state index contributed by atoms with van der Waals surface area (Å²) in [5.41, 5.74) is 0. The van der Waals surface area contributed by atoms with Crippen LogP contribution in [0, 0.1) is 0 Å². The Morgan fingerprint density at radius 3 is 1.22 bits per heavy atom. The van der Waals surface area contributed by atoms with Gasteiger partial charge in [-0.3, -0.25) is 0 Å². The first-order chi connectivity index (χ1) is 15.4. The van der Waals surface area contributed by atoms with Crippen molar-refractivity contribution in [2.24, 2.45) is 0 Å². The van der Waals surface area contributed by atoms with Crippen molar-refractivity contribution in [1.29, 1.82) is 0 Å². The SMILES string of the molecule is CN(CCCCCCCCCCCCCCCCCCO)C[C@H](O)[C@@H](O)[C@H](O)[C@H](O)CO. The molecule has 0 rings (SSSR count). The second-order valence-electron chi connectivity index (χ2n) is 9.44. The summed E-state index contributed by atoms with van der Waals surface area (Å²) in [5.74, 6) is 0. The van der Waals surface area contributed by atoms with E-state index in [1.54, 1.807) is 0 Å². The maximum atomic E-state index is 9.99. The van der Waals surface area contributed by atoms with Gasteiger partial charge in [0.1, 0.15) is 18.3 Å². The van der Waals surface area contributed by atoms with Crippen molar-refractivity contribution in [3.05, 3.63) is 0 Å². The highest BCUT2D eigenvalue weighted by Crippen LogP contribution is 2.14. The molecule has 0 heterocycles. The van der Waals surface area contributed by atoms with E-state index in [4.69, 9.17) is 10.2 Å². The van der Waals surface area contributed by atoms with Crippen molar-refractivity contribution in [2.75, 3.05) is 33.4 Å². The molecule has 0 bridgehead atoms. The smallest absolute Gasteiger partial charge is 0.111 e. The summed E-state index contributed by atoms with van der Waals surface area (Å²) >= 11 is 0. The molecule has 0 amide bonds. The van der Waals surface area contributed by atoms with Gasteiger partial charge in [0.05, 0.1) is 12.7 Å². The molecule has 0 aromatic carbocycles. The van der Waals surface area contributed by atoms with Crippen LogP contribution in [0.3, 0.4) is 0 Å². The molecule has 32 heavy (non-hydrogen) atoms. The lowest BCUT2D eigenvalue weighted by atomic mass is 10.0. The van der Waals surface area contributed by atoms with Crippen LogP contribution in [-0.2, 0) is 0 Å². The molecule has 4 atom stereocenters. The molecular formula is C25H53NO6. The zero-order valence-corrected chi connectivity index (χ0v) is 20.6. The molecule has 0 aromatic heterocycles. The molecule has 194 valence electrons. The van der Waals surface area contributed by atoms with Gasteiger partial charge in [0, 0.05) is 13.2 Å². The number of rotatable bonds is 24. The average molecular weight is 464 g/mol. The van der Waals surface area contributed by atoms with Crippen LogP contribution in [0.4, 0.5) is 0 Å². The summed E-state index contributed by atoms with van der Waals surface area (Å²) in [6, 6.07) is 0. The first-order valence-corrected chi connectivity index (χ1v) is 13.1. The monoisotopic (exact) mass is 463 g/mol. The lowest BCUT2D eigenvalue weighted by molar-refractivity contribution is -0.118. The first-order valence-electron chi connectivity index (χ1n) is 13.1. The second-order valence-corrected chi connectivity index (χ2v) is 9.44. The van der Waals surface area contributed by atoms with E-state index in [-0.39, 0.29) is 6.54 Å². The molecular weight excluding hydrogens is 410 g/mol. The zero-order valence-electron chi connectivity index (χ0n) is 20.6. The number of likely N-dealkylation sites (N-methyl/N-ethyl adjacent to an activating group) is 1. The highest BCUT2D eigenvalue weighted by molar-refractivity contribution is 4.82. The maximum absolute atomic E-state index is 9.99. The molecule has 0 spiro atoms. The van der Waals surface area contributed by atoms with Gasteiger partial charge in [0.15, 0.2) is 0 Å². The van der Waals surface area contributed by atoms with Crippen LogP contribution in [0.1, 0.15) is 103 Å². The van der Waals surface area contributed by atoms with E-state index in [2.05, 4.69) is 0 Å². The minimum Gasteiger partial charge on any atom is -0.396 e. The lowest BCUT2D eigenvalue weighted by Gasteiger charge is -2.28. The van der Waals surface area contributed by atoms with Gasteiger partial charge in [0.25, 0.3) is 0 Å². The number of hydrogen-bond acceptors (Lipinski definition) is 7. The zero-order chi connectivity index (χ0) is 24.0. The quantitative estimate of drug-likeness (QED) is 0.122. The summed E-state index contributed by atoms with van der Waals surface area (Å²) in [6.07, 6.45) is 14.4. The first kappa shape index (κ1) is 31.7. The third kappa shape index (κ3) is 18.2. The van der Waals surface area contributed by atoms with Crippen LogP contribution in [-0.4, -0.2) is 93.3 Å². The van der Waals surface area contributed by atoms with E-state index in [0.717, 1.165) is 25.8 Å². The normalized spacial score (nSPS) is 15.8. The van der Waals surface area contributed by atoms with Crippen LogP contribution < -0.4 is 0 Å². The molecule has 0 aromatic rings. The summed E-state index contributed by atoms with van der Waals surface area (Å²) in [7, 11) is 1.86. The molecule has 0 aliphatic carbocycles. The van der Waals surface area contributed by atoms with E-state index in [1.807, 2.05) is 11.9 Å². The molecule has 0 saturated heterocycles. The van der Waals surface area contributed by atoms with E-state index in [9.17, 15) is 20.4 Å². The van der Waals surface area contributed by atoms with Crippen molar-refractivity contribution in [3.8, 4) is 0 Å². The van der Waals surface area contributed by atoms with Crippen molar-refractivity contribution in [2.45, 2.75) is 127 Å². The summed E-state index contributed by atoms with van der Waals surface area (Å²) in [4.78, 5) is 1.92. The molecule has 0 radical (unpaired) electrons. The predicted molar refractivity (Wildman–Crippen MR) is 130 cm³/mol. The number of hydrogen-bond donors (Lipinski definition) is 6. The van der Waals surface area contributed by atoms with E-state index in [0.29, 0.717) is 6.61 Å². The topological polar surface area (TPSA) is 125 Å². The highest BCUT2D eigenvalue weighted by Gasteiger charge is 2.30. The third-order valence-corrected chi connectivity index (χ3v) is 6.27. The minimum atomic E-state index is -1.56. The Balaban J connectivity index is 3.42. The van der Waals surface area contributed by atoms with Gasteiger partial charge >= 0.3 is 0 Å². The van der Waals surface area contributed by atoms with E-state index >= 15 is 0 Å². The fraction of sp³-hybridized carbons (Fsp3) is 1.00. The molecule has 0 unspecified atom stereocenters. The molecule has 0 aliphatic rings.